The summed E-state index contributed by atoms with van der Waals surface area (Å²) in [5.74, 6) is -1.48. The van der Waals surface area contributed by atoms with Crippen LogP contribution in [0, 0.1) is 0 Å². The molecule has 10 heavy (non-hydrogen) atoms. The van der Waals surface area contributed by atoms with Crippen LogP contribution in [0.1, 0.15) is 27.2 Å². The van der Waals surface area contributed by atoms with E-state index in [4.69, 9.17) is 0 Å². The first-order valence-electron chi connectivity index (χ1n) is 3.30. The Kier molecular flexibility index (Phi) is 3.93. The average molecular weight is 146 g/mol. The fraction of sp³-hybridized carbons (Fsp3) is 0.500. The van der Waals surface area contributed by atoms with Gasteiger partial charge in [-0.15, -0.1) is 0 Å². The van der Waals surface area contributed by atoms with E-state index in [0.717, 1.165) is 6.08 Å². The van der Waals surface area contributed by atoms with Crippen molar-refractivity contribution in [3.8, 4) is 0 Å². The number of hydrogen-bond acceptors (Lipinski definition) is 0. The largest absolute Gasteiger partial charge is 0.204 e. The normalized spacial score (nSPS) is 15.1. The number of rotatable bonds is 2. The molecule has 0 unspecified atom stereocenters. The fourth-order valence-corrected chi connectivity index (χ4v) is 0.486. The molecule has 0 saturated carbocycles. The van der Waals surface area contributed by atoms with Gasteiger partial charge in [-0.05, 0) is 31.9 Å². The van der Waals surface area contributed by atoms with Crippen molar-refractivity contribution in [2.45, 2.75) is 27.2 Å². The Labute approximate surface area is 60.2 Å². The predicted molar refractivity (Wildman–Crippen MR) is 39.0 cm³/mol. The lowest BCUT2D eigenvalue weighted by Crippen LogP contribution is -1.81. The summed E-state index contributed by atoms with van der Waals surface area (Å²) in [5, 5.41) is 0. The van der Waals surface area contributed by atoms with Crippen LogP contribution in [0.15, 0.2) is 23.3 Å². The zero-order valence-corrected chi connectivity index (χ0v) is 6.54. The minimum atomic E-state index is -0.764. The second kappa shape index (κ2) is 4.20. The zero-order valence-electron chi connectivity index (χ0n) is 6.54. The molecule has 0 amide bonds. The topological polar surface area (TPSA) is 0 Å². The molecule has 0 aromatic heterocycles. The summed E-state index contributed by atoms with van der Waals surface area (Å²) in [4.78, 5) is 0. The second-order valence-corrected chi connectivity index (χ2v) is 2.08. The molecule has 0 atom stereocenters. The third-order valence-corrected chi connectivity index (χ3v) is 1.37. The van der Waals surface area contributed by atoms with Crippen LogP contribution in [0.4, 0.5) is 8.78 Å². The van der Waals surface area contributed by atoms with Crippen LogP contribution in [-0.2, 0) is 0 Å². The molecule has 0 spiro atoms. The highest BCUT2D eigenvalue weighted by Gasteiger charge is 2.03. The van der Waals surface area contributed by atoms with Crippen molar-refractivity contribution in [3.63, 3.8) is 0 Å². The molecule has 0 bridgehead atoms. The summed E-state index contributed by atoms with van der Waals surface area (Å²) in [6.45, 7) is 4.84. The smallest absolute Gasteiger partial charge is 0.157 e. The van der Waals surface area contributed by atoms with Gasteiger partial charge in [0.2, 0.25) is 0 Å². The van der Waals surface area contributed by atoms with Crippen LogP contribution < -0.4 is 0 Å². The SMILES string of the molecule is C/C=C(F)\C(F)=C(/C)CC. The molecule has 0 fully saturated rings. The summed E-state index contributed by atoms with van der Waals surface area (Å²) < 4.78 is 25.0. The third kappa shape index (κ3) is 2.29. The maximum absolute atomic E-state index is 12.6. The van der Waals surface area contributed by atoms with Crippen molar-refractivity contribution in [2.75, 3.05) is 0 Å². The first-order chi connectivity index (χ1) is 4.63. The average Bonchev–Trinajstić information content (AvgIpc) is 2.00. The van der Waals surface area contributed by atoms with E-state index >= 15 is 0 Å². The quantitative estimate of drug-likeness (QED) is 0.523. The number of hydrogen-bond donors (Lipinski definition) is 0. The van der Waals surface area contributed by atoms with Crippen LogP contribution >= 0.6 is 0 Å². The van der Waals surface area contributed by atoms with Crippen molar-refractivity contribution < 1.29 is 8.78 Å². The molecule has 0 saturated heterocycles. The second-order valence-electron chi connectivity index (χ2n) is 2.08. The minimum Gasteiger partial charge on any atom is -0.204 e. The number of allylic oxidation sites excluding steroid dienone is 4. The molecule has 58 valence electrons. The van der Waals surface area contributed by atoms with Crippen molar-refractivity contribution in [1.82, 2.24) is 0 Å². The molecule has 0 aromatic carbocycles. The standard InChI is InChI=1S/C8H12F2/c1-4-6(3)8(10)7(9)5-2/h5H,4H2,1-3H3/b7-5+,8-6-. The van der Waals surface area contributed by atoms with E-state index < -0.39 is 11.7 Å². The Bertz CT molecular complexity index is 166. The summed E-state index contributed by atoms with van der Waals surface area (Å²) in [6, 6.07) is 0. The lowest BCUT2D eigenvalue weighted by Gasteiger charge is -1.96. The van der Waals surface area contributed by atoms with Gasteiger partial charge in [-0.3, -0.25) is 0 Å². The highest BCUT2D eigenvalue weighted by atomic mass is 19.2. The molecule has 0 aliphatic rings. The summed E-state index contributed by atoms with van der Waals surface area (Å²) in [5.41, 5.74) is 0.454. The maximum Gasteiger partial charge on any atom is 0.157 e. The predicted octanol–water partition coefficient (Wildman–Crippen LogP) is 3.51. The van der Waals surface area contributed by atoms with E-state index in [2.05, 4.69) is 0 Å². The molecule has 0 nitrogen and oxygen atoms in total. The molecule has 0 heterocycles. The highest BCUT2D eigenvalue weighted by molar-refractivity contribution is 5.22. The van der Waals surface area contributed by atoms with E-state index in [1.807, 2.05) is 0 Å². The molecular formula is C8H12F2. The Morgan fingerprint density at radius 3 is 2.20 bits per heavy atom. The van der Waals surface area contributed by atoms with Crippen LogP contribution in [0.25, 0.3) is 0 Å². The Morgan fingerprint density at radius 2 is 1.90 bits per heavy atom. The maximum atomic E-state index is 12.6. The minimum absolute atomic E-state index is 0.454. The van der Waals surface area contributed by atoms with E-state index in [1.54, 1.807) is 13.8 Å². The Morgan fingerprint density at radius 1 is 1.40 bits per heavy atom. The summed E-state index contributed by atoms with van der Waals surface area (Å²) in [6.07, 6.45) is 1.67. The Balaban J connectivity index is 4.46. The van der Waals surface area contributed by atoms with Gasteiger partial charge >= 0.3 is 0 Å². The first kappa shape index (κ1) is 9.34. The van der Waals surface area contributed by atoms with Crippen LogP contribution in [0.2, 0.25) is 0 Å². The van der Waals surface area contributed by atoms with Gasteiger partial charge in [0.1, 0.15) is 0 Å². The van der Waals surface area contributed by atoms with Gasteiger partial charge in [-0.25, -0.2) is 8.78 Å². The van der Waals surface area contributed by atoms with Crippen molar-refractivity contribution >= 4 is 0 Å². The van der Waals surface area contributed by atoms with E-state index in [-0.39, 0.29) is 0 Å². The van der Waals surface area contributed by atoms with E-state index in [9.17, 15) is 8.78 Å². The van der Waals surface area contributed by atoms with E-state index in [1.165, 1.54) is 6.92 Å². The van der Waals surface area contributed by atoms with E-state index in [0.29, 0.717) is 12.0 Å². The van der Waals surface area contributed by atoms with Gasteiger partial charge < -0.3 is 0 Å². The van der Waals surface area contributed by atoms with Crippen molar-refractivity contribution in [3.05, 3.63) is 23.3 Å². The molecule has 0 N–H and O–H groups in total. The fourth-order valence-electron chi connectivity index (χ4n) is 0.486. The molecule has 2 heteroatoms. The molecule has 0 aliphatic carbocycles. The van der Waals surface area contributed by atoms with Crippen LogP contribution in [-0.4, -0.2) is 0 Å². The lowest BCUT2D eigenvalue weighted by molar-refractivity contribution is 0.533. The van der Waals surface area contributed by atoms with Crippen molar-refractivity contribution in [2.24, 2.45) is 0 Å². The molecule has 0 rings (SSSR count). The highest BCUT2D eigenvalue weighted by Crippen LogP contribution is 2.18. The van der Waals surface area contributed by atoms with Gasteiger partial charge in [0.25, 0.3) is 0 Å². The van der Waals surface area contributed by atoms with Gasteiger partial charge in [0.05, 0.1) is 0 Å². The molecule has 0 radical (unpaired) electrons. The van der Waals surface area contributed by atoms with Gasteiger partial charge in [-0.1, -0.05) is 6.92 Å². The Hall–Kier alpha value is -0.660. The molecule has 0 aromatic rings. The van der Waals surface area contributed by atoms with Gasteiger partial charge in [0, 0.05) is 0 Å². The first-order valence-corrected chi connectivity index (χ1v) is 3.30. The van der Waals surface area contributed by atoms with Crippen LogP contribution in [0.3, 0.4) is 0 Å². The lowest BCUT2D eigenvalue weighted by atomic mass is 10.2. The molecular weight excluding hydrogens is 134 g/mol. The molecule has 0 aliphatic heterocycles. The summed E-state index contributed by atoms with van der Waals surface area (Å²) in [7, 11) is 0. The van der Waals surface area contributed by atoms with Crippen LogP contribution in [0.5, 0.6) is 0 Å². The zero-order chi connectivity index (χ0) is 8.15. The van der Waals surface area contributed by atoms with Gasteiger partial charge in [0.15, 0.2) is 11.7 Å². The number of halogens is 2. The monoisotopic (exact) mass is 146 g/mol. The van der Waals surface area contributed by atoms with Crippen molar-refractivity contribution in [1.29, 1.82) is 0 Å². The third-order valence-electron chi connectivity index (χ3n) is 1.37. The van der Waals surface area contributed by atoms with Gasteiger partial charge in [-0.2, -0.15) is 0 Å². The summed E-state index contributed by atoms with van der Waals surface area (Å²) >= 11 is 0.